The van der Waals surface area contributed by atoms with Gasteiger partial charge in [0.25, 0.3) is 0 Å². The first kappa shape index (κ1) is 19.9. The minimum atomic E-state index is -0.609. The Morgan fingerprint density at radius 1 is 0.667 bits per heavy atom. The molecule has 0 saturated carbocycles. The molecule has 0 amide bonds. The Hall–Kier alpha value is -1.10. The highest BCUT2D eigenvalue weighted by atomic mass is 16.6. The van der Waals surface area contributed by atoms with Crippen LogP contribution in [0.2, 0.25) is 0 Å². The van der Waals surface area contributed by atoms with Gasteiger partial charge < -0.3 is 27.7 Å². The number of hydrogen-bond donors (Lipinski definition) is 4. The van der Waals surface area contributed by atoms with E-state index < -0.39 is 11.9 Å². The van der Waals surface area contributed by atoms with Crippen LogP contribution in [0.25, 0.3) is 0 Å². The lowest BCUT2D eigenvalue weighted by atomic mass is 10.4. The lowest BCUT2D eigenvalue weighted by molar-refractivity contribution is -0.161. The van der Waals surface area contributed by atoms with E-state index in [9.17, 15) is 9.59 Å². The van der Waals surface area contributed by atoms with Gasteiger partial charge >= 0.3 is 11.9 Å². The third-order valence-electron chi connectivity index (χ3n) is 2.71. The zero-order valence-electron chi connectivity index (χ0n) is 12.5. The molecule has 9 nitrogen and oxygen atoms in total. The second-order valence-corrected chi connectivity index (χ2v) is 4.55. The summed E-state index contributed by atoms with van der Waals surface area (Å²) < 4.78 is 4.77. The van der Waals surface area contributed by atoms with Gasteiger partial charge in [-0.1, -0.05) is 0 Å². The molecular formula is C12H28N6O3. The summed E-state index contributed by atoms with van der Waals surface area (Å²) in [6.07, 6.45) is 0. The number of ether oxygens (including phenoxy) is 1. The van der Waals surface area contributed by atoms with Crippen LogP contribution in [0.1, 0.15) is 0 Å². The Morgan fingerprint density at radius 3 is 1.19 bits per heavy atom. The van der Waals surface area contributed by atoms with E-state index in [4.69, 9.17) is 27.7 Å². The number of carbonyl (C=O) groups is 2. The van der Waals surface area contributed by atoms with Crippen LogP contribution in [0.4, 0.5) is 0 Å². The van der Waals surface area contributed by atoms with Crippen LogP contribution in [0.15, 0.2) is 0 Å². The van der Waals surface area contributed by atoms with E-state index >= 15 is 0 Å². The van der Waals surface area contributed by atoms with Gasteiger partial charge in [0.2, 0.25) is 0 Å². The van der Waals surface area contributed by atoms with Crippen molar-refractivity contribution < 1.29 is 14.3 Å². The van der Waals surface area contributed by atoms with Gasteiger partial charge in [0.1, 0.15) is 0 Å². The van der Waals surface area contributed by atoms with Gasteiger partial charge in [0.05, 0.1) is 13.1 Å². The van der Waals surface area contributed by atoms with Gasteiger partial charge in [0, 0.05) is 52.4 Å². The Balaban J connectivity index is 4.19. The molecule has 124 valence electrons. The normalized spacial score (nSPS) is 11.1. The fourth-order valence-corrected chi connectivity index (χ4v) is 1.83. The second-order valence-electron chi connectivity index (χ2n) is 4.55. The van der Waals surface area contributed by atoms with Crippen LogP contribution in [0, 0.1) is 0 Å². The van der Waals surface area contributed by atoms with Crippen molar-refractivity contribution in [3.63, 3.8) is 0 Å². The summed E-state index contributed by atoms with van der Waals surface area (Å²) in [6.45, 7) is 3.69. The number of carbonyl (C=O) groups excluding carboxylic acids is 2. The van der Waals surface area contributed by atoms with Gasteiger partial charge in [-0.05, 0) is 0 Å². The molecule has 0 atom stereocenters. The van der Waals surface area contributed by atoms with Crippen molar-refractivity contribution in [1.29, 1.82) is 0 Å². The zero-order valence-corrected chi connectivity index (χ0v) is 12.5. The van der Waals surface area contributed by atoms with Crippen LogP contribution in [-0.4, -0.2) is 87.2 Å². The second kappa shape index (κ2) is 12.6. The summed E-state index contributed by atoms with van der Waals surface area (Å²) in [6, 6.07) is 0. The largest absolute Gasteiger partial charge is 0.391 e. The maximum Gasteiger partial charge on any atom is 0.327 e. The summed E-state index contributed by atoms with van der Waals surface area (Å²) in [7, 11) is 0. The molecule has 0 unspecified atom stereocenters. The predicted molar refractivity (Wildman–Crippen MR) is 80.2 cm³/mol. The highest BCUT2D eigenvalue weighted by molar-refractivity contribution is 5.87. The molecule has 0 aliphatic rings. The highest BCUT2D eigenvalue weighted by Crippen LogP contribution is 1.93. The molecule has 0 radical (unpaired) electrons. The Kier molecular flexibility index (Phi) is 12.0. The third kappa shape index (κ3) is 10.3. The summed E-state index contributed by atoms with van der Waals surface area (Å²) in [5, 5.41) is 0. The maximum atomic E-state index is 11.7. The summed E-state index contributed by atoms with van der Waals surface area (Å²) in [4.78, 5) is 26.8. The molecule has 0 aromatic carbocycles. The molecule has 9 heteroatoms. The molecule has 21 heavy (non-hydrogen) atoms. The van der Waals surface area contributed by atoms with Crippen molar-refractivity contribution in [1.82, 2.24) is 9.80 Å². The molecule has 0 aromatic rings. The van der Waals surface area contributed by atoms with Crippen molar-refractivity contribution in [3.05, 3.63) is 0 Å². The lowest BCUT2D eigenvalue weighted by Crippen LogP contribution is -2.41. The van der Waals surface area contributed by atoms with Gasteiger partial charge in [0.15, 0.2) is 0 Å². The average molecular weight is 304 g/mol. The van der Waals surface area contributed by atoms with Crippen molar-refractivity contribution in [3.8, 4) is 0 Å². The fraction of sp³-hybridized carbons (Fsp3) is 0.833. The van der Waals surface area contributed by atoms with Crippen LogP contribution in [0.3, 0.4) is 0 Å². The molecule has 0 fully saturated rings. The fourth-order valence-electron chi connectivity index (χ4n) is 1.83. The molecule has 0 aromatic heterocycles. The van der Waals surface area contributed by atoms with Gasteiger partial charge in [-0.15, -0.1) is 0 Å². The van der Waals surface area contributed by atoms with Crippen molar-refractivity contribution in [2.75, 3.05) is 65.4 Å². The standard InChI is InChI=1S/C12H28N6O3/c13-1-5-17(6-2-14)9-11(19)21-12(20)10-18(7-3-15)8-4-16/h1-10,13-16H2. The van der Waals surface area contributed by atoms with Gasteiger partial charge in [-0.2, -0.15) is 0 Å². The number of rotatable bonds is 12. The Labute approximate surface area is 125 Å². The molecule has 0 aliphatic carbocycles. The van der Waals surface area contributed by atoms with Crippen LogP contribution >= 0.6 is 0 Å². The highest BCUT2D eigenvalue weighted by Gasteiger charge is 2.17. The zero-order chi connectivity index (χ0) is 16.1. The Bertz CT molecular complexity index is 263. The summed E-state index contributed by atoms with van der Waals surface area (Å²) in [5.41, 5.74) is 21.7. The van der Waals surface area contributed by atoms with Crippen molar-refractivity contribution in [2.45, 2.75) is 0 Å². The quantitative estimate of drug-likeness (QED) is 0.212. The molecule has 0 rings (SSSR count). The molecule has 0 saturated heterocycles. The van der Waals surface area contributed by atoms with E-state index in [1.165, 1.54) is 0 Å². The number of hydrogen-bond acceptors (Lipinski definition) is 9. The monoisotopic (exact) mass is 304 g/mol. The van der Waals surface area contributed by atoms with Gasteiger partial charge in [-0.25, -0.2) is 0 Å². The number of nitrogens with zero attached hydrogens (tertiary/aromatic N) is 2. The first-order valence-electron chi connectivity index (χ1n) is 7.05. The van der Waals surface area contributed by atoms with Crippen LogP contribution in [-0.2, 0) is 14.3 Å². The van der Waals surface area contributed by atoms with E-state index in [1.807, 2.05) is 0 Å². The molecule has 0 spiro atoms. The minimum Gasteiger partial charge on any atom is -0.391 e. The molecule has 0 aliphatic heterocycles. The third-order valence-corrected chi connectivity index (χ3v) is 2.71. The maximum absolute atomic E-state index is 11.7. The summed E-state index contributed by atoms with van der Waals surface area (Å²) in [5.74, 6) is -1.22. The van der Waals surface area contributed by atoms with E-state index in [0.717, 1.165) is 0 Å². The first-order valence-corrected chi connectivity index (χ1v) is 7.05. The smallest absolute Gasteiger partial charge is 0.327 e. The van der Waals surface area contributed by atoms with E-state index in [0.29, 0.717) is 52.4 Å². The van der Waals surface area contributed by atoms with Crippen LogP contribution in [0.5, 0.6) is 0 Å². The molecule has 8 N–H and O–H groups in total. The molecule has 0 bridgehead atoms. The minimum absolute atomic E-state index is 0.00603. The molecular weight excluding hydrogens is 276 g/mol. The van der Waals surface area contributed by atoms with E-state index in [-0.39, 0.29) is 13.1 Å². The van der Waals surface area contributed by atoms with E-state index in [1.54, 1.807) is 9.80 Å². The lowest BCUT2D eigenvalue weighted by Gasteiger charge is -2.21. The average Bonchev–Trinajstić information content (AvgIpc) is 2.39. The predicted octanol–water partition coefficient (Wildman–Crippen LogP) is -3.50. The molecule has 0 heterocycles. The Morgan fingerprint density at radius 2 is 0.952 bits per heavy atom. The first-order chi connectivity index (χ1) is 10.1. The topological polar surface area (TPSA) is 154 Å². The van der Waals surface area contributed by atoms with Gasteiger partial charge in [-0.3, -0.25) is 19.4 Å². The van der Waals surface area contributed by atoms with Crippen LogP contribution < -0.4 is 22.9 Å². The van der Waals surface area contributed by atoms with Crippen molar-refractivity contribution >= 4 is 11.9 Å². The SMILES string of the molecule is NCCN(CCN)CC(=O)OC(=O)CN(CCN)CCN. The number of nitrogens with two attached hydrogens (primary N) is 4. The van der Waals surface area contributed by atoms with Crippen molar-refractivity contribution in [2.24, 2.45) is 22.9 Å². The van der Waals surface area contributed by atoms with E-state index in [2.05, 4.69) is 0 Å². The number of esters is 2. The summed E-state index contributed by atoms with van der Waals surface area (Å²) >= 11 is 0.